The van der Waals surface area contributed by atoms with Crippen LogP contribution in [0.4, 0.5) is 5.69 Å². The Balaban J connectivity index is 2.43. The zero-order chi connectivity index (χ0) is 13.3. The highest BCUT2D eigenvalue weighted by Crippen LogP contribution is 2.34. The fourth-order valence-corrected chi connectivity index (χ4v) is 1.95. The molecule has 1 amide bonds. The first-order chi connectivity index (χ1) is 8.54. The molecule has 1 aliphatic rings. The Morgan fingerprint density at radius 1 is 1.50 bits per heavy atom. The lowest BCUT2D eigenvalue weighted by molar-refractivity contribution is -0.120. The van der Waals surface area contributed by atoms with Crippen LogP contribution in [0.3, 0.4) is 0 Å². The van der Waals surface area contributed by atoms with E-state index < -0.39 is 0 Å². The van der Waals surface area contributed by atoms with Crippen LogP contribution in [0.5, 0.6) is 5.75 Å². The summed E-state index contributed by atoms with van der Waals surface area (Å²) in [7, 11) is 5.40. The summed E-state index contributed by atoms with van der Waals surface area (Å²) in [5.41, 5.74) is 1.57. The van der Waals surface area contributed by atoms with Crippen molar-refractivity contribution >= 4 is 11.6 Å². The summed E-state index contributed by atoms with van der Waals surface area (Å²) in [4.78, 5) is 15.0. The van der Waals surface area contributed by atoms with Gasteiger partial charge in [-0.05, 0) is 31.8 Å². The molecule has 1 aromatic carbocycles. The van der Waals surface area contributed by atoms with E-state index in [2.05, 4.69) is 6.07 Å². The van der Waals surface area contributed by atoms with Crippen molar-refractivity contribution in [1.29, 1.82) is 5.26 Å². The van der Waals surface area contributed by atoms with Crippen LogP contribution >= 0.6 is 0 Å². The molecular formula is C13H15N3O2. The average Bonchev–Trinajstić information content (AvgIpc) is 2.35. The van der Waals surface area contributed by atoms with Crippen molar-refractivity contribution < 1.29 is 9.53 Å². The van der Waals surface area contributed by atoms with E-state index in [1.165, 1.54) is 0 Å². The van der Waals surface area contributed by atoms with Gasteiger partial charge in [0.1, 0.15) is 11.8 Å². The maximum atomic E-state index is 11.6. The molecule has 0 saturated heterocycles. The summed E-state index contributed by atoms with van der Waals surface area (Å²) in [6, 6.07) is 7.40. The van der Waals surface area contributed by atoms with Crippen molar-refractivity contribution in [1.82, 2.24) is 4.90 Å². The molecule has 5 heteroatoms. The number of hydrogen-bond donors (Lipinski definition) is 0. The first-order valence-electron chi connectivity index (χ1n) is 5.64. The number of nitriles is 1. The third-order valence-electron chi connectivity index (χ3n) is 3.02. The zero-order valence-electron chi connectivity index (χ0n) is 10.7. The second-order valence-electron chi connectivity index (χ2n) is 4.46. The highest BCUT2D eigenvalue weighted by atomic mass is 16.5. The smallest absolute Gasteiger partial charge is 0.264 e. The van der Waals surface area contributed by atoms with Gasteiger partial charge in [0.15, 0.2) is 6.61 Å². The fourth-order valence-electron chi connectivity index (χ4n) is 1.95. The number of carbonyl (C=O) groups is 1. The van der Waals surface area contributed by atoms with Crippen molar-refractivity contribution in [2.75, 3.05) is 32.6 Å². The van der Waals surface area contributed by atoms with Crippen LogP contribution in [0.1, 0.15) is 11.6 Å². The minimum atomic E-state index is -0.333. The summed E-state index contributed by atoms with van der Waals surface area (Å²) >= 11 is 0. The van der Waals surface area contributed by atoms with Crippen LogP contribution < -0.4 is 9.64 Å². The van der Waals surface area contributed by atoms with E-state index in [0.717, 1.165) is 5.56 Å². The lowest BCUT2D eigenvalue weighted by Gasteiger charge is -2.27. The number of benzene rings is 1. The van der Waals surface area contributed by atoms with Gasteiger partial charge in [0.2, 0.25) is 0 Å². The fraction of sp³-hybridized carbons (Fsp3) is 0.385. The molecule has 0 saturated carbocycles. The first-order valence-corrected chi connectivity index (χ1v) is 5.64. The number of hydrogen-bond acceptors (Lipinski definition) is 4. The van der Waals surface area contributed by atoms with E-state index in [1.807, 2.05) is 31.1 Å². The molecule has 1 unspecified atom stereocenters. The van der Waals surface area contributed by atoms with Crippen molar-refractivity contribution in [3.05, 3.63) is 23.8 Å². The highest BCUT2D eigenvalue weighted by Gasteiger charge is 2.24. The molecule has 5 nitrogen and oxygen atoms in total. The second kappa shape index (κ2) is 4.67. The number of amides is 1. The maximum absolute atomic E-state index is 11.6. The van der Waals surface area contributed by atoms with Gasteiger partial charge in [-0.3, -0.25) is 9.69 Å². The molecular weight excluding hydrogens is 230 g/mol. The summed E-state index contributed by atoms with van der Waals surface area (Å²) in [6.45, 7) is 0.0677. The second-order valence-corrected chi connectivity index (χ2v) is 4.46. The topological polar surface area (TPSA) is 56.6 Å². The summed E-state index contributed by atoms with van der Waals surface area (Å²) in [5, 5.41) is 9.17. The Labute approximate surface area is 106 Å². The van der Waals surface area contributed by atoms with E-state index in [9.17, 15) is 4.79 Å². The van der Waals surface area contributed by atoms with E-state index >= 15 is 0 Å². The molecule has 0 bridgehead atoms. The predicted molar refractivity (Wildman–Crippen MR) is 67.4 cm³/mol. The van der Waals surface area contributed by atoms with Crippen LogP contribution in [-0.4, -0.2) is 38.6 Å². The van der Waals surface area contributed by atoms with Gasteiger partial charge in [0.25, 0.3) is 5.91 Å². The predicted octanol–water partition coefficient (Wildman–Crippen LogP) is 1.17. The van der Waals surface area contributed by atoms with Gasteiger partial charge in [-0.1, -0.05) is 6.07 Å². The average molecular weight is 245 g/mol. The normalized spacial score (nSPS) is 15.9. The lowest BCUT2D eigenvalue weighted by Crippen LogP contribution is -2.35. The molecule has 2 rings (SSSR count). The Morgan fingerprint density at radius 3 is 2.83 bits per heavy atom. The molecule has 0 aromatic heterocycles. The maximum Gasteiger partial charge on any atom is 0.264 e. The first kappa shape index (κ1) is 12.4. The summed E-state index contributed by atoms with van der Waals surface area (Å²) in [6.07, 6.45) is 0. The number of likely N-dealkylation sites (N-methyl/N-ethyl adjacent to an activating group) is 1. The summed E-state index contributed by atoms with van der Waals surface area (Å²) < 4.78 is 5.35. The molecule has 0 radical (unpaired) electrons. The molecule has 0 aliphatic carbocycles. The number of nitrogens with zero attached hydrogens (tertiary/aromatic N) is 3. The lowest BCUT2D eigenvalue weighted by atomic mass is 10.0. The zero-order valence-corrected chi connectivity index (χ0v) is 10.7. The minimum Gasteiger partial charge on any atom is -0.482 e. The highest BCUT2D eigenvalue weighted by molar-refractivity contribution is 5.97. The van der Waals surface area contributed by atoms with Crippen molar-refractivity contribution in [2.45, 2.75) is 6.04 Å². The van der Waals surface area contributed by atoms with Gasteiger partial charge in [-0.25, -0.2) is 0 Å². The van der Waals surface area contributed by atoms with Gasteiger partial charge >= 0.3 is 0 Å². The Bertz CT molecular complexity index is 519. The van der Waals surface area contributed by atoms with Crippen molar-refractivity contribution in [3.63, 3.8) is 0 Å². The van der Waals surface area contributed by atoms with E-state index in [4.69, 9.17) is 10.00 Å². The molecule has 0 fully saturated rings. The number of fused-ring (bicyclic) bond motifs is 1. The van der Waals surface area contributed by atoms with Crippen LogP contribution in [0.2, 0.25) is 0 Å². The quantitative estimate of drug-likeness (QED) is 0.784. The monoisotopic (exact) mass is 245 g/mol. The van der Waals surface area contributed by atoms with Gasteiger partial charge in [-0.2, -0.15) is 5.26 Å². The van der Waals surface area contributed by atoms with Crippen LogP contribution in [0.15, 0.2) is 18.2 Å². The molecule has 1 atom stereocenters. The summed E-state index contributed by atoms with van der Waals surface area (Å²) in [5.74, 6) is 0.592. The van der Waals surface area contributed by atoms with Crippen LogP contribution in [0, 0.1) is 11.3 Å². The van der Waals surface area contributed by atoms with Gasteiger partial charge in [0, 0.05) is 7.05 Å². The van der Waals surface area contributed by atoms with E-state index in [-0.39, 0.29) is 18.6 Å². The molecule has 18 heavy (non-hydrogen) atoms. The van der Waals surface area contributed by atoms with Gasteiger partial charge in [0.05, 0.1) is 11.8 Å². The number of anilines is 1. The van der Waals surface area contributed by atoms with Gasteiger partial charge < -0.3 is 9.64 Å². The molecule has 1 heterocycles. The molecule has 0 N–H and O–H groups in total. The number of ether oxygens (including phenoxy) is 1. The molecule has 1 aromatic rings. The Morgan fingerprint density at radius 2 is 2.22 bits per heavy atom. The number of carbonyl (C=O) groups excluding carboxylic acids is 1. The minimum absolute atomic E-state index is 0.0677. The third-order valence-corrected chi connectivity index (χ3v) is 3.02. The van der Waals surface area contributed by atoms with Crippen molar-refractivity contribution in [2.24, 2.45) is 0 Å². The van der Waals surface area contributed by atoms with E-state index in [0.29, 0.717) is 11.4 Å². The van der Waals surface area contributed by atoms with Crippen LogP contribution in [-0.2, 0) is 4.79 Å². The molecule has 94 valence electrons. The SMILES string of the molecule is CN1C(=O)COc2ccc(C(C#N)N(C)C)cc21. The Hall–Kier alpha value is -2.06. The van der Waals surface area contributed by atoms with Crippen LogP contribution in [0.25, 0.3) is 0 Å². The van der Waals surface area contributed by atoms with Crippen molar-refractivity contribution in [3.8, 4) is 11.8 Å². The van der Waals surface area contributed by atoms with Gasteiger partial charge in [-0.15, -0.1) is 0 Å². The Kier molecular flexibility index (Phi) is 3.21. The third kappa shape index (κ3) is 2.03. The molecule has 1 aliphatic heterocycles. The van der Waals surface area contributed by atoms with E-state index in [1.54, 1.807) is 18.0 Å². The molecule has 0 spiro atoms. The number of rotatable bonds is 2. The largest absolute Gasteiger partial charge is 0.482 e. The standard InChI is InChI=1S/C13H15N3O2/c1-15(2)11(7-14)9-4-5-12-10(6-9)16(3)13(17)8-18-12/h4-6,11H,8H2,1-3H3.